The van der Waals surface area contributed by atoms with E-state index in [2.05, 4.69) is 21.3 Å². The summed E-state index contributed by atoms with van der Waals surface area (Å²) in [6, 6.07) is 4.55. The number of rotatable bonds is 47. The summed E-state index contributed by atoms with van der Waals surface area (Å²) in [6.07, 6.45) is 11.3. The van der Waals surface area contributed by atoms with Crippen molar-refractivity contribution in [3.05, 3.63) is 36.9 Å². The van der Waals surface area contributed by atoms with Gasteiger partial charge in [0.2, 0.25) is 17.7 Å². The van der Waals surface area contributed by atoms with Crippen LogP contribution in [0.3, 0.4) is 0 Å². The number of carboxylic acid groups (broad SMARTS) is 3. The van der Waals surface area contributed by atoms with Gasteiger partial charge in [0, 0.05) is 51.9 Å². The van der Waals surface area contributed by atoms with Gasteiger partial charge in [0.25, 0.3) is 0 Å². The number of carbonyl (C=O) groups is 8. The van der Waals surface area contributed by atoms with E-state index in [-0.39, 0.29) is 88.4 Å². The Balaban J connectivity index is 1.98. The lowest BCUT2D eigenvalue weighted by Gasteiger charge is -2.21. The quantitative estimate of drug-likeness (QED) is 0.0342. The summed E-state index contributed by atoms with van der Waals surface area (Å²) in [6.45, 7) is 5.39. The number of unbranched alkanes of at least 4 members (excludes halogenated alkanes) is 7. The molecule has 0 saturated heterocycles. The third-order valence-electron chi connectivity index (χ3n) is 11.2. The van der Waals surface area contributed by atoms with Gasteiger partial charge in [-0.3, -0.25) is 28.8 Å². The van der Waals surface area contributed by atoms with Crippen LogP contribution in [0, 0.1) is 18.9 Å². The molecule has 0 aliphatic heterocycles. The molecule has 1 rings (SSSR count). The third kappa shape index (κ3) is 32.7. The smallest absolute Gasteiger partial charge is 0.335 e. The summed E-state index contributed by atoms with van der Waals surface area (Å²) in [5, 5.41) is 38.3. The minimum atomic E-state index is -1.32. The number of aromatic carboxylic acids is 1. The molecule has 1 unspecified atom stereocenters. The van der Waals surface area contributed by atoms with E-state index in [1.807, 2.05) is 6.92 Å². The SMILES string of the molecule is [CH]N[C@@H](CCC)C(=O)C(C)C[C@@H](CCCCNC(=O)CC[C@H](NC(=O)COCCOCCNC(=O)COCCOCCCC(=O)CCCCCCCCCOc1ccc(C(=O)O)cc1)C(=O)O)C(=O)O. The second kappa shape index (κ2) is 40.7. The highest BCUT2D eigenvalue weighted by Crippen LogP contribution is 2.21. The van der Waals surface area contributed by atoms with Crippen molar-refractivity contribution in [1.82, 2.24) is 21.3 Å². The number of ketones is 2. The number of amides is 3. The molecule has 0 heterocycles. The second-order valence-corrected chi connectivity index (χ2v) is 17.1. The minimum Gasteiger partial charge on any atom is -0.494 e. The highest BCUT2D eigenvalue weighted by Gasteiger charge is 2.28. The van der Waals surface area contributed by atoms with Gasteiger partial charge in [-0.25, -0.2) is 9.59 Å². The Hall–Kier alpha value is -5.02. The predicted molar refractivity (Wildman–Crippen MR) is 258 cm³/mol. The summed E-state index contributed by atoms with van der Waals surface area (Å²) in [4.78, 5) is 95.8. The van der Waals surface area contributed by atoms with Gasteiger partial charge < -0.3 is 60.3 Å². The fourth-order valence-electron chi connectivity index (χ4n) is 7.20. The molecule has 2 radical (unpaired) electrons. The van der Waals surface area contributed by atoms with E-state index in [0.717, 1.165) is 51.4 Å². The summed E-state index contributed by atoms with van der Waals surface area (Å²) < 4.78 is 27.1. The van der Waals surface area contributed by atoms with Crippen LogP contribution < -0.4 is 26.0 Å². The molecule has 0 fully saturated rings. The zero-order valence-corrected chi connectivity index (χ0v) is 41.4. The maximum Gasteiger partial charge on any atom is 0.335 e. The van der Waals surface area contributed by atoms with Gasteiger partial charge in [0.1, 0.15) is 30.8 Å². The van der Waals surface area contributed by atoms with Crippen LogP contribution in [-0.2, 0) is 52.5 Å². The van der Waals surface area contributed by atoms with Gasteiger partial charge in [-0.15, -0.1) is 0 Å². The molecule has 3 amide bonds. The largest absolute Gasteiger partial charge is 0.494 e. The van der Waals surface area contributed by atoms with Crippen LogP contribution in [0.2, 0.25) is 0 Å². The monoisotopic (exact) mass is 993 g/mol. The molecule has 0 aliphatic carbocycles. The molecule has 1 aromatic carbocycles. The number of aliphatic carboxylic acids is 2. The number of carbonyl (C=O) groups excluding carboxylic acids is 5. The molecule has 70 heavy (non-hydrogen) atoms. The van der Waals surface area contributed by atoms with Crippen LogP contribution in [0.15, 0.2) is 24.3 Å². The molecule has 396 valence electrons. The van der Waals surface area contributed by atoms with Crippen LogP contribution >= 0.6 is 0 Å². The minimum absolute atomic E-state index is 0.0342. The molecule has 0 bridgehead atoms. The first-order valence-electron chi connectivity index (χ1n) is 24.7. The van der Waals surface area contributed by atoms with Crippen LogP contribution in [-0.4, -0.2) is 147 Å². The van der Waals surface area contributed by atoms with E-state index in [1.54, 1.807) is 19.1 Å². The molecule has 1 aromatic rings. The van der Waals surface area contributed by atoms with Gasteiger partial charge >= 0.3 is 17.9 Å². The van der Waals surface area contributed by atoms with Crippen molar-refractivity contribution in [1.29, 1.82) is 0 Å². The first-order chi connectivity index (χ1) is 33.7. The summed E-state index contributed by atoms with van der Waals surface area (Å²) in [5.74, 6) is -5.13. The van der Waals surface area contributed by atoms with Crippen molar-refractivity contribution in [3.8, 4) is 5.75 Å². The molecule has 0 aliphatic rings. The lowest BCUT2D eigenvalue weighted by atomic mass is 9.86. The first-order valence-corrected chi connectivity index (χ1v) is 24.7. The normalized spacial score (nSPS) is 12.8. The molecule has 20 heteroatoms. The predicted octanol–water partition coefficient (Wildman–Crippen LogP) is 4.78. The van der Waals surface area contributed by atoms with Gasteiger partial charge in [0.05, 0.1) is 57.2 Å². The molecule has 4 atom stereocenters. The Morgan fingerprint density at radius 1 is 0.571 bits per heavy atom. The van der Waals surface area contributed by atoms with Crippen LogP contribution in [0.25, 0.3) is 0 Å². The van der Waals surface area contributed by atoms with Crippen molar-refractivity contribution in [3.63, 3.8) is 0 Å². The standard InChI is InChI=1S/C50H80N4O16/c1-4-15-42(51-3)47(59)37(2)34-39(49(62)63)16-11-12-25-52-44(56)24-23-43(50(64)65)54-46(58)36-69-33-31-67-29-26-53-45(57)35-68-32-30-66-27-14-18-40(55)17-10-8-6-5-7-9-13-28-70-41-21-19-38(20-22-41)48(60)61/h3,19-22,37,39,42-43,51H,4-18,23-36H2,1-2H3,(H,52,56)(H,53,57)(H,54,58)(H,60,61)(H,62,63)(H,64,65)/t37?,39-,42+,43+/m1/s1. The van der Waals surface area contributed by atoms with E-state index >= 15 is 0 Å². The first kappa shape index (κ1) is 63.0. The number of hydrogen-bond donors (Lipinski definition) is 7. The zero-order chi connectivity index (χ0) is 51.8. The van der Waals surface area contributed by atoms with E-state index < -0.39 is 60.2 Å². The Kier molecular flexibility index (Phi) is 36.6. The molecular weight excluding hydrogens is 913 g/mol. The fourth-order valence-corrected chi connectivity index (χ4v) is 7.20. The maximum atomic E-state index is 12.6. The van der Waals surface area contributed by atoms with E-state index in [0.29, 0.717) is 70.5 Å². The van der Waals surface area contributed by atoms with Gasteiger partial charge in [-0.1, -0.05) is 58.8 Å². The molecule has 0 aromatic heterocycles. The molecular formula is C50H80N4O16. The lowest BCUT2D eigenvalue weighted by molar-refractivity contribution is -0.143. The lowest BCUT2D eigenvalue weighted by Crippen LogP contribution is -2.43. The Morgan fingerprint density at radius 2 is 1.17 bits per heavy atom. The molecule has 0 saturated carbocycles. The Morgan fingerprint density at radius 3 is 1.80 bits per heavy atom. The van der Waals surface area contributed by atoms with Crippen LogP contribution in [0.5, 0.6) is 5.75 Å². The van der Waals surface area contributed by atoms with E-state index in [1.165, 1.54) is 12.1 Å². The number of nitrogens with one attached hydrogen (secondary N) is 4. The number of ether oxygens (including phenoxy) is 5. The van der Waals surface area contributed by atoms with Gasteiger partial charge in [-0.05, 0) is 75.6 Å². The Labute approximate surface area is 413 Å². The van der Waals surface area contributed by atoms with Crippen LogP contribution in [0.4, 0.5) is 0 Å². The van der Waals surface area contributed by atoms with Crippen molar-refractivity contribution < 1.29 is 77.4 Å². The fraction of sp³-hybridized carbons (Fsp3) is 0.700. The van der Waals surface area contributed by atoms with Crippen molar-refractivity contribution >= 4 is 47.2 Å². The number of hydrogen-bond acceptors (Lipinski definition) is 14. The summed E-state index contributed by atoms with van der Waals surface area (Å²) in [5.41, 5.74) is 0.234. The second-order valence-electron chi connectivity index (χ2n) is 17.1. The maximum absolute atomic E-state index is 12.6. The van der Waals surface area contributed by atoms with Gasteiger partial charge in [0.15, 0.2) is 5.78 Å². The highest BCUT2D eigenvalue weighted by molar-refractivity contribution is 5.88. The van der Waals surface area contributed by atoms with Crippen molar-refractivity contribution in [2.24, 2.45) is 11.8 Å². The van der Waals surface area contributed by atoms with E-state index in [4.69, 9.17) is 35.8 Å². The molecule has 0 spiro atoms. The zero-order valence-electron chi connectivity index (χ0n) is 41.4. The van der Waals surface area contributed by atoms with Gasteiger partial charge in [-0.2, -0.15) is 0 Å². The highest BCUT2D eigenvalue weighted by atomic mass is 16.5. The number of Topliss-reactive ketones (excluding diaryl/α,β-unsaturated/α-hetero) is 2. The molecule has 20 nitrogen and oxygen atoms in total. The molecule has 7 N–H and O–H groups in total. The number of carboxylic acids is 3. The summed E-state index contributed by atoms with van der Waals surface area (Å²) >= 11 is 0. The number of benzene rings is 1. The third-order valence-corrected chi connectivity index (χ3v) is 11.2. The topological polar surface area (TPSA) is 292 Å². The average molecular weight is 993 g/mol. The summed E-state index contributed by atoms with van der Waals surface area (Å²) in [7, 11) is 5.49. The Bertz CT molecular complexity index is 1660. The van der Waals surface area contributed by atoms with Crippen LogP contribution in [0.1, 0.15) is 140 Å². The van der Waals surface area contributed by atoms with Crippen molar-refractivity contribution in [2.45, 2.75) is 142 Å². The average Bonchev–Trinajstić information content (AvgIpc) is 3.33. The van der Waals surface area contributed by atoms with Crippen molar-refractivity contribution in [2.75, 3.05) is 72.6 Å². The van der Waals surface area contributed by atoms with E-state index in [9.17, 15) is 48.6 Å².